The van der Waals surface area contributed by atoms with Crippen LogP contribution in [0.5, 0.6) is 0 Å². The Morgan fingerprint density at radius 1 is 1.00 bits per heavy atom. The normalized spacial score (nSPS) is 14.8. The Labute approximate surface area is 170 Å². The Kier molecular flexibility index (Phi) is 7.44. The predicted molar refractivity (Wildman–Crippen MR) is 108 cm³/mol. The Balaban J connectivity index is 1.56. The molecule has 29 heavy (non-hydrogen) atoms. The highest BCUT2D eigenvalue weighted by atomic mass is 16.3. The van der Waals surface area contributed by atoms with Crippen molar-refractivity contribution in [2.75, 3.05) is 19.6 Å². The van der Waals surface area contributed by atoms with Crippen molar-refractivity contribution in [2.24, 2.45) is 0 Å². The second-order valence-electron chi connectivity index (χ2n) is 7.18. The Hall–Kier alpha value is -3.09. The van der Waals surface area contributed by atoms with E-state index in [0.717, 1.165) is 37.9 Å². The molecule has 1 aliphatic rings. The number of furan rings is 1. The van der Waals surface area contributed by atoms with Crippen molar-refractivity contribution in [3.05, 3.63) is 60.1 Å². The second kappa shape index (κ2) is 10.5. The number of nitrogens with zero attached hydrogens (tertiary/aromatic N) is 1. The molecule has 0 aliphatic carbocycles. The van der Waals surface area contributed by atoms with Crippen molar-refractivity contribution in [1.29, 1.82) is 0 Å². The van der Waals surface area contributed by atoms with E-state index in [4.69, 9.17) is 4.42 Å². The highest BCUT2D eigenvalue weighted by Crippen LogP contribution is 2.10. The molecule has 154 valence electrons. The summed E-state index contributed by atoms with van der Waals surface area (Å²) >= 11 is 0. The Morgan fingerprint density at radius 3 is 2.45 bits per heavy atom. The number of likely N-dealkylation sites (tertiary alicyclic amines) is 1. The van der Waals surface area contributed by atoms with Gasteiger partial charge in [0.05, 0.1) is 6.26 Å². The van der Waals surface area contributed by atoms with Crippen LogP contribution in [-0.2, 0) is 16.0 Å². The van der Waals surface area contributed by atoms with Crippen LogP contribution in [-0.4, -0.2) is 48.3 Å². The van der Waals surface area contributed by atoms with Crippen LogP contribution in [0, 0.1) is 0 Å². The van der Waals surface area contributed by atoms with E-state index < -0.39 is 11.9 Å². The summed E-state index contributed by atoms with van der Waals surface area (Å²) in [5, 5.41) is 5.52. The Bertz CT molecular complexity index is 799. The van der Waals surface area contributed by atoms with Crippen molar-refractivity contribution in [2.45, 2.75) is 38.1 Å². The number of carbonyl (C=O) groups is 3. The molecule has 3 amide bonds. The first kappa shape index (κ1) is 20.6. The van der Waals surface area contributed by atoms with E-state index in [2.05, 4.69) is 10.6 Å². The maximum Gasteiger partial charge on any atom is 0.287 e. The number of amides is 3. The summed E-state index contributed by atoms with van der Waals surface area (Å²) in [4.78, 5) is 39.2. The van der Waals surface area contributed by atoms with E-state index in [0.29, 0.717) is 6.42 Å². The van der Waals surface area contributed by atoms with Crippen LogP contribution in [0.2, 0.25) is 0 Å². The van der Waals surface area contributed by atoms with Gasteiger partial charge < -0.3 is 20.0 Å². The average Bonchev–Trinajstić information content (AvgIpc) is 3.29. The van der Waals surface area contributed by atoms with Gasteiger partial charge in [0.25, 0.3) is 5.91 Å². The van der Waals surface area contributed by atoms with Gasteiger partial charge in [0.15, 0.2) is 5.76 Å². The first-order valence-electron chi connectivity index (χ1n) is 10.1. The maximum absolute atomic E-state index is 12.7. The molecule has 1 aromatic heterocycles. The number of piperidine rings is 1. The number of rotatable bonds is 8. The van der Waals surface area contributed by atoms with E-state index in [1.807, 2.05) is 35.2 Å². The van der Waals surface area contributed by atoms with Crippen LogP contribution in [0.1, 0.15) is 41.8 Å². The third kappa shape index (κ3) is 6.20. The van der Waals surface area contributed by atoms with E-state index in [9.17, 15) is 14.4 Å². The smallest absolute Gasteiger partial charge is 0.287 e. The van der Waals surface area contributed by atoms with Gasteiger partial charge in [-0.1, -0.05) is 30.3 Å². The third-order valence-corrected chi connectivity index (χ3v) is 5.00. The molecule has 3 rings (SSSR count). The van der Waals surface area contributed by atoms with Gasteiger partial charge in [-0.25, -0.2) is 0 Å². The molecule has 1 fully saturated rings. The van der Waals surface area contributed by atoms with Gasteiger partial charge in [-0.15, -0.1) is 0 Å². The average molecular weight is 397 g/mol. The molecule has 7 heteroatoms. The van der Waals surface area contributed by atoms with Crippen molar-refractivity contribution < 1.29 is 18.8 Å². The number of benzene rings is 1. The van der Waals surface area contributed by atoms with Crippen LogP contribution in [0.3, 0.4) is 0 Å². The highest BCUT2D eigenvalue weighted by molar-refractivity contribution is 5.95. The standard InChI is InChI=1S/C22H27N3O4/c26-20(25-13-5-2-6-14-25)11-12-23-21(27)18(16-17-8-3-1-4-9-17)24-22(28)19-10-7-15-29-19/h1,3-4,7-10,15,18H,2,5-6,11-14,16H2,(H,23,27)(H,24,28). The summed E-state index contributed by atoms with van der Waals surface area (Å²) in [5.74, 6) is -0.559. The summed E-state index contributed by atoms with van der Waals surface area (Å²) in [5.41, 5.74) is 0.928. The minimum absolute atomic E-state index is 0.0595. The second-order valence-corrected chi connectivity index (χ2v) is 7.18. The quantitative estimate of drug-likeness (QED) is 0.714. The lowest BCUT2D eigenvalue weighted by Crippen LogP contribution is -2.48. The molecule has 2 heterocycles. The zero-order chi connectivity index (χ0) is 20.5. The molecular weight excluding hydrogens is 370 g/mol. The molecule has 2 N–H and O–H groups in total. The molecule has 2 aromatic rings. The summed E-state index contributed by atoms with van der Waals surface area (Å²) in [6.45, 7) is 1.83. The van der Waals surface area contributed by atoms with E-state index in [1.54, 1.807) is 12.1 Å². The van der Waals surface area contributed by atoms with Crippen LogP contribution in [0.25, 0.3) is 0 Å². The van der Waals surface area contributed by atoms with Gasteiger partial charge in [-0.3, -0.25) is 14.4 Å². The lowest BCUT2D eigenvalue weighted by Gasteiger charge is -2.27. The van der Waals surface area contributed by atoms with E-state index in [1.165, 1.54) is 6.26 Å². The first-order valence-corrected chi connectivity index (χ1v) is 10.1. The lowest BCUT2D eigenvalue weighted by atomic mass is 10.0. The molecule has 0 saturated carbocycles. The molecule has 0 bridgehead atoms. The fraction of sp³-hybridized carbons (Fsp3) is 0.409. The number of nitrogens with one attached hydrogen (secondary N) is 2. The predicted octanol–water partition coefficient (Wildman–Crippen LogP) is 2.14. The molecule has 1 aliphatic heterocycles. The van der Waals surface area contributed by atoms with Gasteiger partial charge in [0, 0.05) is 32.5 Å². The van der Waals surface area contributed by atoms with Crippen LogP contribution in [0.4, 0.5) is 0 Å². The molecule has 7 nitrogen and oxygen atoms in total. The third-order valence-electron chi connectivity index (χ3n) is 5.00. The SMILES string of the molecule is O=C(NC(Cc1ccccc1)C(=O)NCCC(=O)N1CCCCC1)c1ccco1. The molecule has 1 aromatic carbocycles. The van der Waals surface area contributed by atoms with Crippen LogP contribution >= 0.6 is 0 Å². The summed E-state index contributed by atoms with van der Waals surface area (Å²) in [7, 11) is 0. The van der Waals surface area contributed by atoms with Crippen molar-refractivity contribution in [3.63, 3.8) is 0 Å². The number of carbonyl (C=O) groups excluding carboxylic acids is 3. The largest absolute Gasteiger partial charge is 0.459 e. The fourth-order valence-corrected chi connectivity index (χ4v) is 3.41. The summed E-state index contributed by atoms with van der Waals surface area (Å²) in [6.07, 6.45) is 5.26. The molecule has 1 saturated heterocycles. The highest BCUT2D eigenvalue weighted by Gasteiger charge is 2.23. The first-order chi connectivity index (χ1) is 14.1. The Morgan fingerprint density at radius 2 is 1.76 bits per heavy atom. The minimum Gasteiger partial charge on any atom is -0.459 e. The summed E-state index contributed by atoms with van der Waals surface area (Å²) < 4.78 is 5.11. The van der Waals surface area contributed by atoms with Crippen molar-refractivity contribution in [1.82, 2.24) is 15.5 Å². The topological polar surface area (TPSA) is 91.7 Å². The van der Waals surface area contributed by atoms with Gasteiger partial charge >= 0.3 is 0 Å². The van der Waals surface area contributed by atoms with Crippen molar-refractivity contribution >= 4 is 17.7 Å². The van der Waals surface area contributed by atoms with E-state index >= 15 is 0 Å². The zero-order valence-corrected chi connectivity index (χ0v) is 16.4. The molecule has 1 unspecified atom stereocenters. The number of hydrogen-bond acceptors (Lipinski definition) is 4. The van der Waals surface area contributed by atoms with Gasteiger partial charge in [-0.2, -0.15) is 0 Å². The molecule has 1 atom stereocenters. The van der Waals surface area contributed by atoms with E-state index in [-0.39, 0.29) is 30.5 Å². The minimum atomic E-state index is -0.764. The lowest BCUT2D eigenvalue weighted by molar-refractivity contribution is -0.132. The monoisotopic (exact) mass is 397 g/mol. The summed E-state index contributed by atoms with van der Waals surface area (Å²) in [6, 6.07) is 11.9. The number of hydrogen-bond donors (Lipinski definition) is 2. The van der Waals surface area contributed by atoms with Gasteiger partial charge in [0.1, 0.15) is 6.04 Å². The zero-order valence-electron chi connectivity index (χ0n) is 16.4. The van der Waals surface area contributed by atoms with Gasteiger partial charge in [-0.05, 0) is 37.0 Å². The molecular formula is C22H27N3O4. The molecule has 0 radical (unpaired) electrons. The van der Waals surface area contributed by atoms with Gasteiger partial charge in [0.2, 0.25) is 11.8 Å². The van der Waals surface area contributed by atoms with Crippen molar-refractivity contribution in [3.8, 4) is 0 Å². The maximum atomic E-state index is 12.7. The van der Waals surface area contributed by atoms with Crippen LogP contribution < -0.4 is 10.6 Å². The molecule has 0 spiro atoms. The fourth-order valence-electron chi connectivity index (χ4n) is 3.41. The van der Waals surface area contributed by atoms with Crippen LogP contribution in [0.15, 0.2) is 53.1 Å².